The van der Waals surface area contributed by atoms with Crippen molar-refractivity contribution in [3.05, 3.63) is 179 Å². The number of thiol groups is 2. The van der Waals surface area contributed by atoms with Gasteiger partial charge in [0.15, 0.2) is 0 Å². The van der Waals surface area contributed by atoms with Gasteiger partial charge in [0.2, 0.25) is 70.9 Å². The van der Waals surface area contributed by atoms with E-state index in [4.69, 9.17) is 47.0 Å². The number of carbonyl (C=O) groups excluding carboxylic acids is 16. The Hall–Kier alpha value is -13.6. The summed E-state index contributed by atoms with van der Waals surface area (Å²) in [5.74, 6) is -6.18. The Kier molecular flexibility index (Phi) is 63.9. The second-order valence-electron chi connectivity index (χ2n) is 33.7. The van der Waals surface area contributed by atoms with Crippen LogP contribution < -0.4 is 108 Å². The molecule has 9 rings (SSSR count). The third-order valence-electron chi connectivity index (χ3n) is 21.6. The number of carboxylic acids is 1. The van der Waals surface area contributed by atoms with Gasteiger partial charge in [-0.1, -0.05) is 193 Å². The average Bonchev–Trinajstić information content (AvgIpc) is 1.63. The maximum Gasteiger partial charge on any atom is 0.407 e. The fraction of sp³-hybridized carbons (Fsp3) is 0.475. The molecule has 26 N–H and O–H groups in total. The van der Waals surface area contributed by atoms with Gasteiger partial charge in [0.05, 0.1) is 51.9 Å². The quantitative estimate of drug-likeness (QED) is 0.0108. The van der Waals surface area contributed by atoms with Gasteiger partial charge in [0.1, 0.15) is 50.0 Å². The van der Waals surface area contributed by atoms with E-state index in [2.05, 4.69) is 166 Å². The monoisotopic (exact) mass is 2090 g/mol. The van der Waals surface area contributed by atoms with E-state index in [0.717, 1.165) is 68.2 Å². The van der Waals surface area contributed by atoms with E-state index >= 15 is 0 Å². The first-order chi connectivity index (χ1) is 69.8. The molecule has 6 atom stereocenters. The van der Waals surface area contributed by atoms with E-state index in [1.165, 1.54) is 11.1 Å². The molecule has 0 fully saturated rings. The van der Waals surface area contributed by atoms with Gasteiger partial charge in [-0.05, 0) is 153 Å². The standard InChI is InChI=1S/C33H46N4O7Si.C23H27N3O4.C19H20N2O3.C12H22N4O5S.C8H17N3O2.C4H10N2O.C2H7N.H3NS/c1-6-27(31(40)35-20-30(39)34-7-2)36-29(38)17-16-28(32(41)43-18-19-45(3,4)5)37-33(42)44-21-26-24-14-10-8-12-22(24)23-13-9-11-15-25(23)26;1-3-20(22(28)25-13-21(27)24-4-2)26-23(29)30-14-19-17-11-7-5-9-15(17)16-10-6-8-12-18(16)19;1-2-20-18(22)11-21-19(23)24-12-17-15-9-5-3-7-13(15)14-8-4-6-10-16(14)17;1-2-14-10(18)5-15-11(19)8(6-22)16-9(17)4-3-7(13)12(20)21;1-3-6(9)8(13)11-5-7(12)10-4-2;1-2-6-4(7)3-5;1-2-3;1-2/h8-15,26-28H,6-7,16-21H2,1-5H3,(H,34,39)(H,35,40)(H,36,38)(H,37,42);5-12,19-20H,3-4,13-14H2,1-2H3,(H,24,27)(H,25,28)(H,26,29);3-10,17H,2,11-12H2,1H3,(H,20,22)(H,21,23);7-8,22H,2-6,13H2,1H3,(H,14,18)(H,15,19)(H,16,17)(H,20,21);6H,3-5,9H2,1-2H3,(H,10,12)(H,11,13);2-3,5H2,1H3,(H,6,7);2-3H2,1H3;2H,1H2. The summed E-state index contributed by atoms with van der Waals surface area (Å²) in [7, 11) is -1.48. The van der Waals surface area contributed by atoms with Crippen LogP contribution in [-0.4, -0.2) is 268 Å². The summed E-state index contributed by atoms with van der Waals surface area (Å²) in [5.41, 5.74) is 34.1. The SMILES string of the molecule is CCN.CCNC(=O)CN.CCNC(=O)CNC(=O)C(CC)NC(=O)CCC(NC(=O)OCC1c2ccccc2-c2ccccc21)C(=O)OCC[Si](C)(C)C.CCNC(=O)CNC(=O)C(CC)NC(=O)OCC1c2ccccc2-c2ccccc21.CCNC(=O)CNC(=O)C(CS)NC(=O)CCC(N)C(=O)O.CCNC(=O)CNC(=O)C(N)CC.CCNC(=O)CNC(=O)OCC1c2ccccc2-c2ccccc21.NS. The molecule has 15 amide bonds. The lowest BCUT2D eigenvalue weighted by atomic mass is 9.98. The molecule has 0 saturated heterocycles. The highest BCUT2D eigenvalue weighted by Gasteiger charge is 2.35. The minimum Gasteiger partial charge on any atom is -0.480 e. The van der Waals surface area contributed by atoms with Crippen LogP contribution in [0.1, 0.15) is 165 Å². The fourth-order valence-electron chi connectivity index (χ4n) is 14.2. The van der Waals surface area contributed by atoms with Gasteiger partial charge in [-0.3, -0.25) is 67.5 Å². The van der Waals surface area contributed by atoms with E-state index in [1.807, 2.05) is 144 Å². The van der Waals surface area contributed by atoms with Gasteiger partial charge in [-0.2, -0.15) is 12.6 Å². The van der Waals surface area contributed by atoms with Gasteiger partial charge in [0.25, 0.3) is 0 Å². The molecule has 804 valence electrons. The fourth-order valence-corrected chi connectivity index (χ4v) is 15.2. The van der Waals surface area contributed by atoms with Gasteiger partial charge in [-0.15, -0.1) is 12.8 Å². The van der Waals surface area contributed by atoms with Crippen molar-refractivity contribution < 1.29 is 106 Å². The lowest BCUT2D eigenvalue weighted by Crippen LogP contribution is -2.50. The molecule has 3 aliphatic carbocycles. The van der Waals surface area contributed by atoms with Crippen LogP contribution in [0, 0.1) is 0 Å². The number of hydrogen-bond donors (Lipinski definition) is 23. The maximum absolute atomic E-state index is 13.0. The third-order valence-corrected chi connectivity index (χ3v) is 23.6. The Morgan fingerprint density at radius 2 is 0.610 bits per heavy atom. The molecule has 6 aromatic rings. The number of benzene rings is 6. The smallest absolute Gasteiger partial charge is 0.407 e. The van der Waals surface area contributed by atoms with Gasteiger partial charge in [0, 0.05) is 83.7 Å². The number of hydrogen-bond acceptors (Lipinski definition) is 28. The molecule has 6 unspecified atom stereocenters. The molecule has 42 nitrogen and oxygen atoms in total. The van der Waals surface area contributed by atoms with Crippen molar-refractivity contribution in [2.75, 3.05) is 117 Å². The number of esters is 1. The molecule has 146 heavy (non-hydrogen) atoms. The molecular weight excluding hydrogens is 1940 g/mol. The zero-order valence-corrected chi connectivity index (χ0v) is 88.5. The first-order valence-corrected chi connectivity index (χ1v) is 53.5. The molecular formula is C101H152N20O22S2Si. The molecule has 0 saturated carbocycles. The van der Waals surface area contributed by atoms with Crippen molar-refractivity contribution >= 4 is 135 Å². The molecule has 0 bridgehead atoms. The van der Waals surface area contributed by atoms with E-state index in [-0.39, 0.29) is 156 Å². The van der Waals surface area contributed by atoms with Crippen molar-refractivity contribution in [2.24, 2.45) is 28.1 Å². The van der Waals surface area contributed by atoms with Crippen LogP contribution in [0.25, 0.3) is 33.4 Å². The molecule has 0 heterocycles. The van der Waals surface area contributed by atoms with Gasteiger partial charge < -0.3 is 127 Å². The lowest BCUT2D eigenvalue weighted by Gasteiger charge is -2.21. The summed E-state index contributed by atoms with van der Waals surface area (Å²) >= 11 is 6.99. The van der Waals surface area contributed by atoms with Crippen LogP contribution >= 0.6 is 25.4 Å². The van der Waals surface area contributed by atoms with Crippen LogP contribution in [0.2, 0.25) is 25.7 Å². The highest BCUT2D eigenvalue weighted by molar-refractivity contribution is 7.80. The van der Waals surface area contributed by atoms with Crippen molar-refractivity contribution in [1.82, 2.24) is 79.8 Å². The van der Waals surface area contributed by atoms with Crippen molar-refractivity contribution in [3.63, 3.8) is 0 Å². The Balaban J connectivity index is 0.000000626. The number of alkyl carbamates (subject to hydrolysis) is 3. The largest absolute Gasteiger partial charge is 0.480 e. The number of carboxylic acid groups (broad SMARTS) is 1. The minimum atomic E-state index is -1.48. The number of rotatable bonds is 46. The van der Waals surface area contributed by atoms with Crippen LogP contribution in [0.5, 0.6) is 0 Å². The van der Waals surface area contributed by atoms with Crippen LogP contribution in [0.3, 0.4) is 0 Å². The summed E-state index contributed by atoms with van der Waals surface area (Å²) in [4.78, 5) is 200. The summed E-state index contributed by atoms with van der Waals surface area (Å²) in [6.07, 6.45) is -1.15. The first-order valence-electron chi connectivity index (χ1n) is 48.6. The van der Waals surface area contributed by atoms with Crippen molar-refractivity contribution in [1.29, 1.82) is 0 Å². The van der Waals surface area contributed by atoms with Gasteiger partial charge >= 0.3 is 30.2 Å². The number of amides is 15. The number of likely N-dealkylation sites (N-methyl/N-ethyl adjacent to an activating group) is 6. The maximum atomic E-state index is 13.0. The third kappa shape index (κ3) is 48.0. The zero-order chi connectivity index (χ0) is 109. The summed E-state index contributed by atoms with van der Waals surface area (Å²) in [6, 6.07) is 43.9. The minimum absolute atomic E-state index is 0.000370. The van der Waals surface area contributed by atoms with Crippen molar-refractivity contribution in [3.8, 4) is 33.4 Å². The van der Waals surface area contributed by atoms with Crippen molar-refractivity contribution in [2.45, 2.75) is 194 Å². The molecule has 0 spiro atoms. The Labute approximate surface area is 866 Å². The second-order valence-corrected chi connectivity index (χ2v) is 39.7. The van der Waals surface area contributed by atoms with Crippen LogP contribution in [0.4, 0.5) is 14.4 Å². The van der Waals surface area contributed by atoms with E-state index in [0.29, 0.717) is 58.5 Å². The summed E-state index contributed by atoms with van der Waals surface area (Å²) < 4.78 is 21.9. The average molecular weight is 2090 g/mol. The molecule has 0 aliphatic heterocycles. The predicted molar refractivity (Wildman–Crippen MR) is 568 cm³/mol. The molecule has 6 aromatic carbocycles. The normalized spacial score (nSPS) is 12.4. The number of ether oxygens (including phenoxy) is 4. The summed E-state index contributed by atoms with van der Waals surface area (Å²) in [6.45, 7) is 28.6. The Morgan fingerprint density at radius 1 is 0.336 bits per heavy atom. The van der Waals surface area contributed by atoms with Gasteiger partial charge in [-0.25, -0.2) is 19.2 Å². The highest BCUT2D eigenvalue weighted by Crippen LogP contribution is 2.47. The van der Waals surface area contributed by atoms with E-state index < -0.39 is 104 Å². The predicted octanol–water partition coefficient (Wildman–Crippen LogP) is 4.58. The Bertz CT molecular complexity index is 5020. The zero-order valence-electron chi connectivity index (χ0n) is 85.7. The number of fused-ring (bicyclic) bond motifs is 9. The topological polar surface area (TPSA) is 658 Å². The number of carbonyl (C=O) groups is 17. The molecule has 0 radical (unpaired) electrons. The van der Waals surface area contributed by atoms with Crippen LogP contribution in [-0.2, 0) is 86.1 Å². The van der Waals surface area contributed by atoms with E-state index in [9.17, 15) is 81.5 Å². The molecule has 0 aromatic heterocycles. The summed E-state index contributed by atoms with van der Waals surface area (Å²) in [5, 5.41) is 50.8. The van der Waals surface area contributed by atoms with Crippen LogP contribution in [0.15, 0.2) is 146 Å². The number of aliphatic carboxylic acids is 1. The number of nitrogens with two attached hydrogens (primary N) is 5. The first kappa shape index (κ1) is 128. The van der Waals surface area contributed by atoms with E-state index in [1.54, 1.807) is 34.6 Å². The molecule has 3 aliphatic rings. The number of nitrogens with one attached hydrogen (secondary N) is 15. The lowest BCUT2D eigenvalue weighted by molar-refractivity contribution is -0.146. The second kappa shape index (κ2) is 72.6. The highest BCUT2D eigenvalue weighted by atomic mass is 32.1. The molecule has 45 heteroatoms. The Morgan fingerprint density at radius 3 is 0.897 bits per heavy atom.